The lowest BCUT2D eigenvalue weighted by Crippen LogP contribution is -2.31. The van der Waals surface area contributed by atoms with E-state index in [1.165, 1.54) is 57.8 Å². The molecule has 1 heteroatoms. The van der Waals surface area contributed by atoms with Crippen LogP contribution < -0.4 is 0 Å². The van der Waals surface area contributed by atoms with Gasteiger partial charge in [-0.05, 0) is 37.0 Å². The van der Waals surface area contributed by atoms with E-state index in [1.54, 1.807) is 0 Å². The maximum atomic E-state index is 12.4. The molecule has 0 aromatic rings. The van der Waals surface area contributed by atoms with Crippen LogP contribution in [-0.2, 0) is 4.79 Å². The van der Waals surface area contributed by atoms with Gasteiger partial charge in [-0.15, -0.1) is 0 Å². The zero-order valence-corrected chi connectivity index (χ0v) is 12.3. The maximum absolute atomic E-state index is 12.4. The predicted molar refractivity (Wildman–Crippen MR) is 76.5 cm³/mol. The summed E-state index contributed by atoms with van der Waals surface area (Å²) in [5.74, 6) is 3.47. The van der Waals surface area contributed by atoms with Crippen LogP contribution in [0.25, 0.3) is 0 Å². The lowest BCUT2D eigenvalue weighted by atomic mass is 9.66. The monoisotopic (exact) mass is 250 g/mol. The van der Waals surface area contributed by atoms with Gasteiger partial charge in [0.25, 0.3) is 0 Å². The van der Waals surface area contributed by atoms with Crippen LogP contribution in [0.2, 0.25) is 0 Å². The molecule has 104 valence electrons. The van der Waals surface area contributed by atoms with Crippen LogP contribution in [0.3, 0.4) is 0 Å². The molecule has 18 heavy (non-hydrogen) atoms. The normalized spacial score (nSPS) is 33.8. The fourth-order valence-electron chi connectivity index (χ4n) is 4.27. The molecule has 0 amide bonds. The molecule has 0 radical (unpaired) electrons. The van der Waals surface area contributed by atoms with E-state index in [0.29, 0.717) is 17.6 Å². The second kappa shape index (κ2) is 6.73. The molecule has 0 spiro atoms. The van der Waals surface area contributed by atoms with Crippen LogP contribution in [0.15, 0.2) is 0 Å². The highest BCUT2D eigenvalue weighted by Gasteiger charge is 2.34. The van der Waals surface area contributed by atoms with Gasteiger partial charge in [0.2, 0.25) is 0 Å². The van der Waals surface area contributed by atoms with Crippen molar-refractivity contribution in [3.8, 4) is 0 Å². The maximum Gasteiger partial charge on any atom is 0.136 e. The quantitative estimate of drug-likeness (QED) is 0.672. The van der Waals surface area contributed by atoms with E-state index in [0.717, 1.165) is 18.3 Å². The van der Waals surface area contributed by atoms with Crippen molar-refractivity contribution in [2.75, 3.05) is 0 Å². The first kappa shape index (κ1) is 14.1. The molecule has 0 aromatic heterocycles. The van der Waals surface area contributed by atoms with Crippen molar-refractivity contribution in [1.29, 1.82) is 0 Å². The predicted octanol–water partition coefficient (Wildman–Crippen LogP) is 4.99. The topological polar surface area (TPSA) is 17.1 Å². The first-order chi connectivity index (χ1) is 8.70. The van der Waals surface area contributed by atoms with Crippen molar-refractivity contribution in [2.24, 2.45) is 23.7 Å². The summed E-state index contributed by atoms with van der Waals surface area (Å²) in [6, 6.07) is 0. The van der Waals surface area contributed by atoms with Gasteiger partial charge < -0.3 is 0 Å². The van der Waals surface area contributed by atoms with Crippen LogP contribution in [0.1, 0.15) is 78.1 Å². The fraction of sp³-hybridized carbons (Fsp3) is 0.941. The van der Waals surface area contributed by atoms with Crippen molar-refractivity contribution in [3.05, 3.63) is 0 Å². The van der Waals surface area contributed by atoms with Crippen molar-refractivity contribution < 1.29 is 4.79 Å². The molecular formula is C17H30O. The molecule has 1 nitrogen and oxygen atoms in total. The number of Topliss-reactive ketones (excluding diaryl/α,β-unsaturated/α-hetero) is 1. The Hall–Kier alpha value is -0.330. The third-order valence-electron chi connectivity index (χ3n) is 5.33. The molecule has 2 aliphatic rings. The van der Waals surface area contributed by atoms with Gasteiger partial charge >= 0.3 is 0 Å². The molecule has 2 aliphatic carbocycles. The molecule has 2 saturated carbocycles. The van der Waals surface area contributed by atoms with Crippen LogP contribution in [0, 0.1) is 23.7 Å². The molecule has 2 fully saturated rings. The number of hydrogen-bond donors (Lipinski definition) is 0. The average Bonchev–Trinajstić information content (AvgIpc) is 2.38. The summed E-state index contributed by atoms with van der Waals surface area (Å²) in [5.41, 5.74) is 0. The average molecular weight is 250 g/mol. The molecule has 0 heterocycles. The zero-order chi connectivity index (χ0) is 13.0. The zero-order valence-electron chi connectivity index (χ0n) is 12.3. The standard InChI is InChI=1S/C17H30O/c1-3-6-13(2)11-17(18)16-10-9-14-7-4-5-8-15(14)12-16/h13-16H,3-12H2,1-2H3. The minimum atomic E-state index is 0.420. The third-order valence-corrected chi connectivity index (χ3v) is 5.33. The van der Waals surface area contributed by atoms with E-state index >= 15 is 0 Å². The summed E-state index contributed by atoms with van der Waals surface area (Å²) < 4.78 is 0. The van der Waals surface area contributed by atoms with Gasteiger partial charge in [-0.25, -0.2) is 0 Å². The van der Waals surface area contributed by atoms with Gasteiger partial charge in [0.1, 0.15) is 5.78 Å². The summed E-state index contributed by atoms with van der Waals surface area (Å²) in [5, 5.41) is 0. The summed E-state index contributed by atoms with van der Waals surface area (Å²) in [6.07, 6.45) is 12.7. The van der Waals surface area contributed by atoms with E-state index in [2.05, 4.69) is 13.8 Å². The summed E-state index contributed by atoms with van der Waals surface area (Å²) in [7, 11) is 0. The van der Waals surface area contributed by atoms with E-state index in [1.807, 2.05) is 0 Å². The Balaban J connectivity index is 1.81. The Morgan fingerprint density at radius 3 is 2.56 bits per heavy atom. The van der Waals surface area contributed by atoms with E-state index in [-0.39, 0.29) is 0 Å². The van der Waals surface area contributed by atoms with Gasteiger partial charge in [-0.2, -0.15) is 0 Å². The van der Waals surface area contributed by atoms with Crippen LogP contribution >= 0.6 is 0 Å². The Morgan fingerprint density at radius 1 is 1.11 bits per heavy atom. The lowest BCUT2D eigenvalue weighted by molar-refractivity contribution is -0.125. The van der Waals surface area contributed by atoms with Crippen molar-refractivity contribution in [1.82, 2.24) is 0 Å². The van der Waals surface area contributed by atoms with Gasteiger partial charge in [-0.3, -0.25) is 4.79 Å². The summed E-state index contributed by atoms with van der Waals surface area (Å²) in [6.45, 7) is 4.46. The molecule has 4 unspecified atom stereocenters. The molecule has 0 aliphatic heterocycles. The number of carbonyl (C=O) groups excluding carboxylic acids is 1. The Morgan fingerprint density at radius 2 is 1.83 bits per heavy atom. The number of rotatable bonds is 5. The molecule has 2 rings (SSSR count). The molecule has 0 saturated heterocycles. The van der Waals surface area contributed by atoms with E-state index in [4.69, 9.17) is 0 Å². The molecule has 0 N–H and O–H groups in total. The largest absolute Gasteiger partial charge is 0.299 e. The third kappa shape index (κ3) is 3.59. The first-order valence-corrected chi connectivity index (χ1v) is 8.23. The van der Waals surface area contributed by atoms with Crippen molar-refractivity contribution in [2.45, 2.75) is 78.1 Å². The number of hydrogen-bond acceptors (Lipinski definition) is 1. The van der Waals surface area contributed by atoms with Crippen molar-refractivity contribution in [3.63, 3.8) is 0 Å². The van der Waals surface area contributed by atoms with Crippen LogP contribution in [0.5, 0.6) is 0 Å². The highest BCUT2D eigenvalue weighted by atomic mass is 16.1. The SMILES string of the molecule is CCCC(C)CC(=O)C1CCC2CCCCC2C1. The van der Waals surface area contributed by atoms with E-state index < -0.39 is 0 Å². The lowest BCUT2D eigenvalue weighted by Gasteiger charge is -2.39. The number of ketones is 1. The minimum Gasteiger partial charge on any atom is -0.299 e. The smallest absolute Gasteiger partial charge is 0.136 e. The van der Waals surface area contributed by atoms with Gasteiger partial charge in [0.05, 0.1) is 0 Å². The Bertz CT molecular complexity index is 271. The highest BCUT2D eigenvalue weighted by molar-refractivity contribution is 5.81. The van der Waals surface area contributed by atoms with Gasteiger partial charge in [0, 0.05) is 12.3 Å². The van der Waals surface area contributed by atoms with Crippen molar-refractivity contribution >= 4 is 5.78 Å². The number of fused-ring (bicyclic) bond motifs is 1. The second-order valence-electron chi connectivity index (χ2n) is 6.88. The van der Waals surface area contributed by atoms with E-state index in [9.17, 15) is 4.79 Å². The fourth-order valence-corrected chi connectivity index (χ4v) is 4.27. The first-order valence-electron chi connectivity index (χ1n) is 8.23. The second-order valence-corrected chi connectivity index (χ2v) is 6.88. The Labute approximate surface area is 113 Å². The molecule has 0 bridgehead atoms. The summed E-state index contributed by atoms with van der Waals surface area (Å²) in [4.78, 5) is 12.4. The highest BCUT2D eigenvalue weighted by Crippen LogP contribution is 2.43. The van der Waals surface area contributed by atoms with Crippen LogP contribution in [0.4, 0.5) is 0 Å². The molecule has 0 aromatic carbocycles. The minimum absolute atomic E-state index is 0.420. The van der Waals surface area contributed by atoms with Gasteiger partial charge in [-0.1, -0.05) is 52.4 Å². The molecular weight excluding hydrogens is 220 g/mol. The number of carbonyl (C=O) groups is 1. The van der Waals surface area contributed by atoms with Crippen LogP contribution in [-0.4, -0.2) is 5.78 Å². The summed E-state index contributed by atoms with van der Waals surface area (Å²) >= 11 is 0. The molecule has 4 atom stereocenters. The van der Waals surface area contributed by atoms with Gasteiger partial charge in [0.15, 0.2) is 0 Å². The Kier molecular flexibility index (Phi) is 5.26.